The van der Waals surface area contributed by atoms with Crippen LogP contribution in [0, 0.1) is 5.82 Å². The van der Waals surface area contributed by atoms with Crippen LogP contribution in [0.3, 0.4) is 0 Å². The maximum Gasteiger partial charge on any atom is 0.407 e. The van der Waals surface area contributed by atoms with Gasteiger partial charge in [-0.05, 0) is 17.7 Å². The molecule has 1 amide bonds. The third-order valence-corrected chi connectivity index (χ3v) is 3.09. The first-order valence-electron chi connectivity index (χ1n) is 5.56. The Morgan fingerprint density at radius 3 is 2.61 bits per heavy atom. The van der Waals surface area contributed by atoms with Crippen molar-refractivity contribution in [2.75, 3.05) is 6.54 Å². The highest BCUT2D eigenvalue weighted by Crippen LogP contribution is 2.29. The molecule has 96 valence electrons. The molecule has 18 heavy (non-hydrogen) atoms. The summed E-state index contributed by atoms with van der Waals surface area (Å²) in [6.07, 6.45) is -0.282. The Balaban J connectivity index is 2.29. The molecule has 1 saturated heterocycles. The first-order chi connectivity index (χ1) is 8.61. The number of benzene rings is 1. The van der Waals surface area contributed by atoms with Crippen LogP contribution in [0.5, 0.6) is 0 Å². The number of piperidine rings is 1. The minimum absolute atomic E-state index is 0.275. The lowest BCUT2D eigenvalue weighted by molar-refractivity contribution is 0.121. The molecule has 0 aromatic heterocycles. The summed E-state index contributed by atoms with van der Waals surface area (Å²) in [5, 5.41) is 21.1. The van der Waals surface area contributed by atoms with Gasteiger partial charge in [-0.1, -0.05) is 17.3 Å². The Hall–Kier alpha value is -2.11. The van der Waals surface area contributed by atoms with Gasteiger partial charge in [-0.2, -0.15) is 0 Å². The summed E-state index contributed by atoms with van der Waals surface area (Å²) in [6, 6.07) is 5.26. The number of nitrogens with zero attached hydrogens (tertiary/aromatic N) is 2. The van der Waals surface area contributed by atoms with Crippen molar-refractivity contribution in [1.82, 2.24) is 4.90 Å². The van der Waals surface area contributed by atoms with Crippen LogP contribution in [0.1, 0.15) is 24.4 Å². The summed E-state index contributed by atoms with van der Waals surface area (Å²) in [4.78, 5) is 12.4. The maximum atomic E-state index is 12.9. The average molecular weight is 252 g/mol. The number of halogens is 1. The van der Waals surface area contributed by atoms with E-state index in [2.05, 4.69) is 5.16 Å². The summed E-state index contributed by atoms with van der Waals surface area (Å²) in [6.45, 7) is 0.275. The SMILES string of the molecule is O=C(O)N1CCC(=NO)C[C@@H]1c1ccc(F)cc1. The highest BCUT2D eigenvalue weighted by Gasteiger charge is 2.30. The number of hydrogen-bond donors (Lipinski definition) is 2. The van der Waals surface area contributed by atoms with Gasteiger partial charge in [-0.3, -0.25) is 0 Å². The second-order valence-electron chi connectivity index (χ2n) is 4.16. The second-order valence-corrected chi connectivity index (χ2v) is 4.16. The molecule has 0 aliphatic carbocycles. The van der Waals surface area contributed by atoms with Crippen molar-refractivity contribution < 1.29 is 19.5 Å². The minimum atomic E-state index is -1.03. The van der Waals surface area contributed by atoms with Crippen molar-refractivity contribution in [1.29, 1.82) is 0 Å². The van der Waals surface area contributed by atoms with Crippen molar-refractivity contribution >= 4 is 11.8 Å². The van der Waals surface area contributed by atoms with E-state index >= 15 is 0 Å². The molecule has 0 radical (unpaired) electrons. The van der Waals surface area contributed by atoms with E-state index in [9.17, 15) is 9.18 Å². The van der Waals surface area contributed by atoms with Crippen LogP contribution in [-0.4, -0.2) is 33.6 Å². The van der Waals surface area contributed by atoms with Crippen molar-refractivity contribution in [3.05, 3.63) is 35.6 Å². The lowest BCUT2D eigenvalue weighted by atomic mass is 9.94. The van der Waals surface area contributed by atoms with Crippen molar-refractivity contribution in [2.45, 2.75) is 18.9 Å². The number of likely N-dealkylation sites (tertiary alicyclic amines) is 1. The summed E-state index contributed by atoms with van der Waals surface area (Å²) in [7, 11) is 0. The highest BCUT2D eigenvalue weighted by molar-refractivity contribution is 5.87. The summed E-state index contributed by atoms with van der Waals surface area (Å²) >= 11 is 0. The van der Waals surface area contributed by atoms with E-state index in [4.69, 9.17) is 10.3 Å². The van der Waals surface area contributed by atoms with Gasteiger partial charge in [0, 0.05) is 19.4 Å². The van der Waals surface area contributed by atoms with Crippen LogP contribution in [0.2, 0.25) is 0 Å². The molecule has 0 spiro atoms. The standard InChI is InChI=1S/C12H13FN2O3/c13-9-3-1-8(2-4-9)11-7-10(14-18)5-6-15(11)12(16)17/h1-4,11,18H,5-7H2,(H,16,17)/t11-/m1/s1. The summed E-state index contributed by atoms with van der Waals surface area (Å²) < 4.78 is 12.9. The summed E-state index contributed by atoms with van der Waals surface area (Å²) in [5.41, 5.74) is 1.25. The predicted molar refractivity (Wildman–Crippen MR) is 62.3 cm³/mol. The van der Waals surface area contributed by atoms with E-state index in [-0.39, 0.29) is 12.4 Å². The fraction of sp³-hybridized carbons (Fsp3) is 0.333. The fourth-order valence-electron chi connectivity index (χ4n) is 2.14. The van der Waals surface area contributed by atoms with E-state index in [0.717, 1.165) is 0 Å². The number of amides is 1. The third kappa shape index (κ3) is 2.42. The third-order valence-electron chi connectivity index (χ3n) is 3.09. The Morgan fingerprint density at radius 1 is 1.39 bits per heavy atom. The van der Waals surface area contributed by atoms with Crippen LogP contribution in [0.4, 0.5) is 9.18 Å². The van der Waals surface area contributed by atoms with E-state index in [1.54, 1.807) is 12.1 Å². The van der Waals surface area contributed by atoms with Crippen LogP contribution >= 0.6 is 0 Å². The van der Waals surface area contributed by atoms with E-state index in [1.165, 1.54) is 17.0 Å². The molecule has 0 saturated carbocycles. The van der Waals surface area contributed by atoms with Crippen molar-refractivity contribution in [2.24, 2.45) is 5.16 Å². The lowest BCUT2D eigenvalue weighted by Crippen LogP contribution is -2.40. The van der Waals surface area contributed by atoms with E-state index in [1.807, 2.05) is 0 Å². The van der Waals surface area contributed by atoms with Crippen LogP contribution in [0.25, 0.3) is 0 Å². The topological polar surface area (TPSA) is 73.1 Å². The molecule has 1 heterocycles. The quantitative estimate of drug-likeness (QED) is 0.595. The van der Waals surface area contributed by atoms with Gasteiger partial charge in [0.05, 0.1) is 11.8 Å². The van der Waals surface area contributed by atoms with Gasteiger partial charge >= 0.3 is 6.09 Å². The molecule has 6 heteroatoms. The molecule has 1 fully saturated rings. The summed E-state index contributed by atoms with van der Waals surface area (Å²) in [5.74, 6) is -0.368. The largest absolute Gasteiger partial charge is 0.465 e. The number of hydrogen-bond acceptors (Lipinski definition) is 3. The van der Waals surface area contributed by atoms with Crippen molar-refractivity contribution in [3.63, 3.8) is 0 Å². The molecule has 1 aliphatic rings. The molecule has 1 aliphatic heterocycles. The zero-order chi connectivity index (χ0) is 13.1. The Labute approximate surface area is 103 Å². The average Bonchev–Trinajstić information content (AvgIpc) is 2.38. The first-order valence-corrected chi connectivity index (χ1v) is 5.56. The molecule has 2 N–H and O–H groups in total. The van der Waals surface area contributed by atoms with Gasteiger partial charge < -0.3 is 15.2 Å². The second kappa shape index (κ2) is 5.03. The van der Waals surface area contributed by atoms with Gasteiger partial charge in [0.25, 0.3) is 0 Å². The zero-order valence-corrected chi connectivity index (χ0v) is 9.58. The Bertz CT molecular complexity index is 473. The molecule has 1 atom stereocenters. The van der Waals surface area contributed by atoms with E-state index in [0.29, 0.717) is 24.1 Å². The number of carbonyl (C=O) groups is 1. The molecule has 1 aromatic carbocycles. The molecule has 5 nitrogen and oxygen atoms in total. The molecule has 1 aromatic rings. The number of carboxylic acid groups (broad SMARTS) is 1. The van der Waals surface area contributed by atoms with E-state index < -0.39 is 12.1 Å². The Morgan fingerprint density at radius 2 is 2.06 bits per heavy atom. The monoisotopic (exact) mass is 252 g/mol. The first kappa shape index (κ1) is 12.3. The van der Waals surface area contributed by atoms with Gasteiger partial charge in [0.15, 0.2) is 0 Å². The minimum Gasteiger partial charge on any atom is -0.465 e. The van der Waals surface area contributed by atoms with Gasteiger partial charge in [0.2, 0.25) is 0 Å². The van der Waals surface area contributed by atoms with Gasteiger partial charge in [0.1, 0.15) is 5.82 Å². The molecular formula is C12H13FN2O3. The van der Waals surface area contributed by atoms with Gasteiger partial charge in [-0.15, -0.1) is 0 Å². The molecule has 2 rings (SSSR count). The fourth-order valence-corrected chi connectivity index (χ4v) is 2.14. The van der Waals surface area contributed by atoms with Crippen LogP contribution in [0.15, 0.2) is 29.4 Å². The zero-order valence-electron chi connectivity index (χ0n) is 9.58. The molecular weight excluding hydrogens is 239 g/mol. The number of oxime groups is 1. The molecule has 0 bridgehead atoms. The molecule has 0 unspecified atom stereocenters. The predicted octanol–water partition coefficient (Wildman–Crippen LogP) is 2.47. The van der Waals surface area contributed by atoms with Gasteiger partial charge in [-0.25, -0.2) is 9.18 Å². The normalized spacial score (nSPS) is 22.2. The number of rotatable bonds is 1. The van der Waals surface area contributed by atoms with Crippen LogP contribution in [-0.2, 0) is 0 Å². The highest BCUT2D eigenvalue weighted by atomic mass is 19.1. The maximum absolute atomic E-state index is 12.9. The lowest BCUT2D eigenvalue weighted by Gasteiger charge is -2.34. The van der Waals surface area contributed by atoms with Crippen LogP contribution < -0.4 is 0 Å². The Kier molecular flexibility index (Phi) is 3.45. The van der Waals surface area contributed by atoms with Crippen molar-refractivity contribution in [3.8, 4) is 0 Å². The smallest absolute Gasteiger partial charge is 0.407 e.